The molecule has 0 aliphatic carbocycles. The van der Waals surface area contributed by atoms with Crippen molar-refractivity contribution in [3.05, 3.63) is 203 Å². The van der Waals surface area contributed by atoms with Gasteiger partial charge in [0.1, 0.15) is 11.0 Å². The van der Waals surface area contributed by atoms with Gasteiger partial charge in [0.05, 0.1) is 34.9 Å². The molecule has 8 heteroatoms. The maximum Gasteiger partial charge on any atom is 0.227 e. The highest BCUT2D eigenvalue weighted by Crippen LogP contribution is 2.41. The number of rotatable bonds is 8. The maximum atomic E-state index is 6.22. The first kappa shape index (κ1) is 41.1. The summed E-state index contributed by atoms with van der Waals surface area (Å²) in [4.78, 5) is 9.74. The Morgan fingerprint density at radius 2 is 0.788 bits per heavy atom. The minimum atomic E-state index is 0.0195. The maximum absolute atomic E-state index is 6.22. The Morgan fingerprint density at radius 1 is 0.424 bits per heavy atom. The van der Waals surface area contributed by atoms with Crippen molar-refractivity contribution in [3.8, 4) is 22.9 Å². The summed E-state index contributed by atoms with van der Waals surface area (Å²) in [5, 5.41) is 14.9. The highest BCUT2D eigenvalue weighted by atomic mass is 16.4. The van der Waals surface area contributed by atoms with Crippen molar-refractivity contribution in [2.24, 2.45) is 10.2 Å². The minimum absolute atomic E-state index is 0.0195. The van der Waals surface area contributed by atoms with Crippen LogP contribution in [0.3, 0.4) is 0 Å². The van der Waals surface area contributed by atoms with E-state index in [2.05, 4.69) is 197 Å². The molecule has 0 bridgehead atoms. The Labute approximate surface area is 386 Å². The summed E-state index contributed by atoms with van der Waals surface area (Å²) in [5.74, 6) is 1.24. The number of hydrogen-bond donors (Lipinski definition) is 0. The molecule has 66 heavy (non-hydrogen) atoms. The fourth-order valence-electron chi connectivity index (χ4n) is 9.11. The van der Waals surface area contributed by atoms with Crippen molar-refractivity contribution in [1.82, 2.24) is 9.97 Å². The van der Waals surface area contributed by atoms with Crippen molar-refractivity contribution in [3.63, 3.8) is 0 Å². The summed E-state index contributed by atoms with van der Waals surface area (Å²) in [6.07, 6.45) is 1.52. The number of aromatic nitrogens is 2. The van der Waals surface area contributed by atoms with Crippen LogP contribution in [0, 0.1) is 0 Å². The van der Waals surface area contributed by atoms with Crippen LogP contribution in [0.2, 0.25) is 0 Å². The molecule has 0 radical (unpaired) electrons. The molecule has 9 aromatic rings. The number of hydrazone groups is 2. The molecule has 0 saturated carbocycles. The predicted molar refractivity (Wildman–Crippen MR) is 268 cm³/mol. The Hall–Kier alpha value is -7.58. The fraction of sp³-hybridized carbons (Fsp3) is 0.207. The van der Waals surface area contributed by atoms with Gasteiger partial charge in [0.2, 0.25) is 11.8 Å². The second-order valence-electron chi connectivity index (χ2n) is 19.6. The second kappa shape index (κ2) is 16.1. The molecule has 4 heterocycles. The van der Waals surface area contributed by atoms with Gasteiger partial charge < -0.3 is 8.83 Å². The van der Waals surface area contributed by atoms with Crippen LogP contribution in [-0.4, -0.2) is 21.4 Å². The number of hydrogen-bond acceptors (Lipinski definition) is 8. The van der Waals surface area contributed by atoms with E-state index in [1.54, 1.807) is 0 Å². The highest BCUT2D eigenvalue weighted by molar-refractivity contribution is 6.04. The van der Waals surface area contributed by atoms with Gasteiger partial charge in [-0.25, -0.2) is 9.97 Å². The van der Waals surface area contributed by atoms with E-state index < -0.39 is 0 Å². The van der Waals surface area contributed by atoms with Gasteiger partial charge in [0, 0.05) is 24.0 Å². The van der Waals surface area contributed by atoms with Gasteiger partial charge in [-0.3, -0.25) is 10.0 Å². The topological polar surface area (TPSA) is 83.3 Å². The van der Waals surface area contributed by atoms with Crippen LogP contribution < -0.4 is 10.0 Å². The summed E-state index contributed by atoms with van der Waals surface area (Å²) in [6, 6.07) is 59.6. The van der Waals surface area contributed by atoms with E-state index in [0.717, 1.165) is 80.1 Å². The van der Waals surface area contributed by atoms with Crippen LogP contribution in [0.25, 0.3) is 45.1 Å². The molecular weight excluding hydrogens is 813 g/mol. The number of fused-ring (bicyclic) bond motifs is 2. The monoisotopic (exact) mass is 864 g/mol. The Balaban J connectivity index is 0.840. The molecule has 2 aliphatic heterocycles. The van der Waals surface area contributed by atoms with Crippen molar-refractivity contribution in [2.75, 3.05) is 10.0 Å². The van der Waals surface area contributed by atoms with Crippen molar-refractivity contribution < 1.29 is 8.83 Å². The third kappa shape index (κ3) is 7.87. The van der Waals surface area contributed by atoms with Crippen LogP contribution >= 0.6 is 0 Å². The lowest BCUT2D eigenvalue weighted by Gasteiger charge is -2.26. The zero-order chi connectivity index (χ0) is 45.2. The van der Waals surface area contributed by atoms with E-state index in [-0.39, 0.29) is 22.9 Å². The van der Waals surface area contributed by atoms with Gasteiger partial charge in [-0.05, 0) is 117 Å². The lowest BCUT2D eigenvalue weighted by Crippen LogP contribution is -2.20. The average molecular weight is 865 g/mol. The number of oxazole rings is 2. The van der Waals surface area contributed by atoms with E-state index in [0.29, 0.717) is 11.8 Å². The molecule has 11 rings (SSSR count). The Bertz CT molecular complexity index is 3040. The molecular formula is C58H52N6O2. The van der Waals surface area contributed by atoms with Crippen LogP contribution in [0.5, 0.6) is 0 Å². The summed E-state index contributed by atoms with van der Waals surface area (Å²) >= 11 is 0. The Kier molecular flexibility index (Phi) is 10.1. The van der Waals surface area contributed by atoms with Crippen LogP contribution in [0.4, 0.5) is 11.4 Å². The van der Waals surface area contributed by atoms with Gasteiger partial charge in [0.15, 0.2) is 11.2 Å². The molecule has 0 fully saturated rings. The Morgan fingerprint density at radius 3 is 1.15 bits per heavy atom. The number of anilines is 2. The van der Waals surface area contributed by atoms with Crippen LogP contribution in [-0.2, 0) is 10.8 Å². The molecule has 2 aromatic heterocycles. The zero-order valence-electron chi connectivity index (χ0n) is 38.2. The third-order valence-corrected chi connectivity index (χ3v) is 13.0. The van der Waals surface area contributed by atoms with Gasteiger partial charge in [-0.2, -0.15) is 10.2 Å². The predicted octanol–water partition coefficient (Wildman–Crippen LogP) is 14.6. The lowest BCUT2D eigenvalue weighted by atomic mass is 9.87. The molecule has 0 amide bonds. The standard InChI is InChI=1S/C58H52N6O2/c1-57(2,3)43-29-31-53-49(33-43)59-55(65-53)41-25-17-37(18-26-41)47-35-51(63(61-47)45-13-9-7-10-14-45)39-21-23-40(24-22-39)52-36-48(62-64(52)46-15-11-8-12-16-46)38-19-27-42(28-20-38)56-60-50-34-44(58(4,5)6)30-32-54(50)66-56/h7-34,51-52H,35-36H2,1-6H3. The third-order valence-electron chi connectivity index (χ3n) is 13.0. The first-order valence-electron chi connectivity index (χ1n) is 22.9. The molecule has 0 saturated heterocycles. The van der Waals surface area contributed by atoms with Crippen LogP contribution in [0.1, 0.15) is 99.8 Å². The van der Waals surface area contributed by atoms with Crippen molar-refractivity contribution >= 4 is 45.0 Å². The summed E-state index contributed by atoms with van der Waals surface area (Å²) in [6.45, 7) is 13.3. The average Bonchev–Trinajstić information content (AvgIpc) is 4.16. The number of para-hydroxylation sites is 2. The van der Waals surface area contributed by atoms with Crippen molar-refractivity contribution in [2.45, 2.75) is 77.3 Å². The lowest BCUT2D eigenvalue weighted by molar-refractivity contribution is 0.589. The number of benzene rings is 7. The molecule has 0 N–H and O–H groups in total. The molecule has 0 spiro atoms. The normalized spacial score (nSPS) is 16.6. The largest absolute Gasteiger partial charge is 0.436 e. The summed E-state index contributed by atoms with van der Waals surface area (Å²) < 4.78 is 12.4. The molecule has 2 unspecified atom stereocenters. The fourth-order valence-corrected chi connectivity index (χ4v) is 9.11. The SMILES string of the molecule is CC(C)(C)c1ccc2oc(-c3ccc(C4=NN(c5ccccc5)C(c5ccc(C6CC(c7ccc(-c8nc9cc(C(C)(C)C)ccc9o8)cc7)=NN6c6ccccc6)cc5)C4)cc3)nc2c1. The second-order valence-corrected chi connectivity index (χ2v) is 19.6. The first-order chi connectivity index (χ1) is 31.9. The van der Waals surface area contributed by atoms with E-state index in [1.165, 1.54) is 22.3 Å². The molecule has 8 nitrogen and oxygen atoms in total. The smallest absolute Gasteiger partial charge is 0.227 e. The van der Waals surface area contributed by atoms with E-state index in [4.69, 9.17) is 29.0 Å². The van der Waals surface area contributed by atoms with Gasteiger partial charge in [0.25, 0.3) is 0 Å². The number of nitrogens with zero attached hydrogens (tertiary/aromatic N) is 6. The molecule has 7 aromatic carbocycles. The van der Waals surface area contributed by atoms with E-state index >= 15 is 0 Å². The van der Waals surface area contributed by atoms with Crippen molar-refractivity contribution in [1.29, 1.82) is 0 Å². The quantitative estimate of drug-likeness (QED) is 0.151. The highest BCUT2D eigenvalue weighted by Gasteiger charge is 2.33. The van der Waals surface area contributed by atoms with Crippen LogP contribution in [0.15, 0.2) is 189 Å². The molecule has 2 aliphatic rings. The minimum Gasteiger partial charge on any atom is -0.436 e. The molecule has 2 atom stereocenters. The van der Waals surface area contributed by atoms with Gasteiger partial charge >= 0.3 is 0 Å². The summed E-state index contributed by atoms with van der Waals surface area (Å²) in [5.41, 5.74) is 16.5. The van der Waals surface area contributed by atoms with Gasteiger partial charge in [-0.1, -0.05) is 139 Å². The van der Waals surface area contributed by atoms with E-state index in [9.17, 15) is 0 Å². The summed E-state index contributed by atoms with van der Waals surface area (Å²) in [7, 11) is 0. The van der Waals surface area contributed by atoms with E-state index in [1.807, 2.05) is 24.3 Å². The molecule has 326 valence electrons. The first-order valence-corrected chi connectivity index (χ1v) is 22.9. The zero-order valence-corrected chi connectivity index (χ0v) is 38.2. The van der Waals surface area contributed by atoms with Gasteiger partial charge in [-0.15, -0.1) is 0 Å².